The molecule has 0 spiro atoms. The van der Waals surface area contributed by atoms with Gasteiger partial charge in [-0.3, -0.25) is 4.90 Å². The molecule has 1 saturated heterocycles. The van der Waals surface area contributed by atoms with Crippen molar-refractivity contribution in [1.29, 1.82) is 0 Å². The van der Waals surface area contributed by atoms with Crippen LogP contribution in [0.2, 0.25) is 0 Å². The van der Waals surface area contributed by atoms with E-state index in [2.05, 4.69) is 15.3 Å². The number of aromatic nitrogens is 1. The number of likely N-dealkylation sites (tertiary alicyclic amines) is 1. The summed E-state index contributed by atoms with van der Waals surface area (Å²) in [5.41, 5.74) is 6.78. The topological polar surface area (TPSA) is 42.1 Å². The molecule has 2 heterocycles. The standard InChI is InChI=1S/C13H23N3S/c14-7-6-13-15-12(11-17-13)10-16-8-4-2-1-3-5-9-16/h11H,1-10,14H2. The number of thiazole rings is 1. The Morgan fingerprint density at radius 1 is 1.18 bits per heavy atom. The van der Waals surface area contributed by atoms with Crippen LogP contribution in [0.4, 0.5) is 0 Å². The van der Waals surface area contributed by atoms with E-state index in [0.29, 0.717) is 6.54 Å². The van der Waals surface area contributed by atoms with Crippen LogP contribution in [0.25, 0.3) is 0 Å². The maximum Gasteiger partial charge on any atom is 0.0941 e. The molecule has 1 aliphatic rings. The Bertz CT molecular complexity index is 316. The maximum atomic E-state index is 5.55. The van der Waals surface area contributed by atoms with Crippen molar-refractivity contribution in [3.63, 3.8) is 0 Å². The highest BCUT2D eigenvalue weighted by molar-refractivity contribution is 7.09. The van der Waals surface area contributed by atoms with Crippen LogP contribution in [0.5, 0.6) is 0 Å². The highest BCUT2D eigenvalue weighted by Crippen LogP contribution is 2.15. The number of nitrogens with two attached hydrogens (primary N) is 1. The smallest absolute Gasteiger partial charge is 0.0941 e. The minimum Gasteiger partial charge on any atom is -0.330 e. The molecular formula is C13H23N3S. The van der Waals surface area contributed by atoms with Gasteiger partial charge in [0, 0.05) is 18.3 Å². The van der Waals surface area contributed by atoms with Gasteiger partial charge in [-0.15, -0.1) is 11.3 Å². The molecule has 0 radical (unpaired) electrons. The minimum atomic E-state index is 0.705. The van der Waals surface area contributed by atoms with E-state index in [4.69, 9.17) is 5.73 Å². The van der Waals surface area contributed by atoms with Gasteiger partial charge in [0.1, 0.15) is 0 Å². The molecule has 0 unspecified atom stereocenters. The van der Waals surface area contributed by atoms with Crippen molar-refractivity contribution in [3.05, 3.63) is 16.1 Å². The summed E-state index contributed by atoms with van der Waals surface area (Å²) in [5, 5.41) is 3.39. The molecule has 17 heavy (non-hydrogen) atoms. The van der Waals surface area contributed by atoms with Gasteiger partial charge in [-0.05, 0) is 32.5 Å². The highest BCUT2D eigenvalue weighted by Gasteiger charge is 2.10. The van der Waals surface area contributed by atoms with E-state index in [9.17, 15) is 0 Å². The Labute approximate surface area is 108 Å². The lowest BCUT2D eigenvalue weighted by atomic mass is 10.1. The highest BCUT2D eigenvalue weighted by atomic mass is 32.1. The molecule has 1 aromatic rings. The van der Waals surface area contributed by atoms with Gasteiger partial charge in [0.2, 0.25) is 0 Å². The predicted molar refractivity (Wildman–Crippen MR) is 73.2 cm³/mol. The lowest BCUT2D eigenvalue weighted by Crippen LogP contribution is -2.27. The van der Waals surface area contributed by atoms with Crippen molar-refractivity contribution in [3.8, 4) is 0 Å². The van der Waals surface area contributed by atoms with Crippen molar-refractivity contribution in [1.82, 2.24) is 9.88 Å². The van der Waals surface area contributed by atoms with E-state index in [0.717, 1.165) is 13.0 Å². The van der Waals surface area contributed by atoms with E-state index < -0.39 is 0 Å². The second-order valence-corrected chi connectivity index (χ2v) is 5.76. The first-order valence-electron chi connectivity index (χ1n) is 6.74. The number of nitrogens with zero attached hydrogens (tertiary/aromatic N) is 2. The molecule has 1 aromatic heterocycles. The molecule has 96 valence electrons. The summed E-state index contributed by atoms with van der Waals surface area (Å²) < 4.78 is 0. The third kappa shape index (κ3) is 4.37. The average Bonchev–Trinajstić information content (AvgIpc) is 2.70. The average molecular weight is 253 g/mol. The van der Waals surface area contributed by atoms with Crippen LogP contribution >= 0.6 is 11.3 Å². The fourth-order valence-electron chi connectivity index (χ4n) is 2.36. The number of hydrogen-bond donors (Lipinski definition) is 1. The van der Waals surface area contributed by atoms with Crippen LogP contribution < -0.4 is 5.73 Å². The first-order valence-corrected chi connectivity index (χ1v) is 7.62. The van der Waals surface area contributed by atoms with Gasteiger partial charge >= 0.3 is 0 Å². The van der Waals surface area contributed by atoms with Crippen molar-refractivity contribution in [2.45, 2.75) is 45.1 Å². The third-order valence-electron chi connectivity index (χ3n) is 3.29. The van der Waals surface area contributed by atoms with Gasteiger partial charge < -0.3 is 5.73 Å². The molecular weight excluding hydrogens is 230 g/mol. The Kier molecular flexibility index (Phi) is 5.42. The summed E-state index contributed by atoms with van der Waals surface area (Å²) in [6, 6.07) is 0. The van der Waals surface area contributed by atoms with E-state index >= 15 is 0 Å². The molecule has 2 rings (SSSR count). The van der Waals surface area contributed by atoms with Crippen LogP contribution in [0.1, 0.15) is 42.8 Å². The first kappa shape index (κ1) is 13.0. The molecule has 1 fully saturated rings. The van der Waals surface area contributed by atoms with Crippen LogP contribution in [-0.4, -0.2) is 29.5 Å². The van der Waals surface area contributed by atoms with Crippen molar-refractivity contribution >= 4 is 11.3 Å². The summed E-state index contributed by atoms with van der Waals surface area (Å²) in [5.74, 6) is 0. The SMILES string of the molecule is NCCc1nc(CN2CCCCCCC2)cs1. The molecule has 0 aliphatic carbocycles. The summed E-state index contributed by atoms with van der Waals surface area (Å²) >= 11 is 1.75. The molecule has 1 aliphatic heterocycles. The Balaban J connectivity index is 1.84. The Hall–Kier alpha value is -0.450. The molecule has 3 nitrogen and oxygen atoms in total. The largest absolute Gasteiger partial charge is 0.330 e. The van der Waals surface area contributed by atoms with E-state index in [1.807, 2.05) is 0 Å². The first-order chi connectivity index (χ1) is 8.38. The van der Waals surface area contributed by atoms with Gasteiger partial charge in [0.05, 0.1) is 10.7 Å². The lowest BCUT2D eigenvalue weighted by molar-refractivity contribution is 0.237. The zero-order valence-electron chi connectivity index (χ0n) is 10.5. The van der Waals surface area contributed by atoms with Crippen molar-refractivity contribution in [2.24, 2.45) is 5.73 Å². The van der Waals surface area contributed by atoms with Gasteiger partial charge in [0.25, 0.3) is 0 Å². The third-order valence-corrected chi connectivity index (χ3v) is 4.25. The molecule has 0 bridgehead atoms. The second kappa shape index (κ2) is 7.09. The fourth-order valence-corrected chi connectivity index (χ4v) is 3.16. The minimum absolute atomic E-state index is 0.705. The zero-order valence-corrected chi connectivity index (χ0v) is 11.3. The van der Waals surface area contributed by atoms with Gasteiger partial charge in [-0.2, -0.15) is 0 Å². The summed E-state index contributed by atoms with van der Waals surface area (Å²) in [6.45, 7) is 4.21. The van der Waals surface area contributed by atoms with E-state index in [1.165, 1.54) is 55.9 Å². The molecule has 0 aromatic carbocycles. The maximum absolute atomic E-state index is 5.55. The molecule has 0 saturated carbocycles. The van der Waals surface area contributed by atoms with Crippen LogP contribution in [0.3, 0.4) is 0 Å². The summed E-state index contributed by atoms with van der Waals surface area (Å²) in [4.78, 5) is 7.20. The Morgan fingerprint density at radius 3 is 2.59 bits per heavy atom. The van der Waals surface area contributed by atoms with Gasteiger partial charge in [-0.25, -0.2) is 4.98 Å². The quantitative estimate of drug-likeness (QED) is 0.896. The molecule has 4 heteroatoms. The number of rotatable bonds is 4. The van der Waals surface area contributed by atoms with Crippen LogP contribution in [-0.2, 0) is 13.0 Å². The lowest BCUT2D eigenvalue weighted by Gasteiger charge is -2.23. The number of hydrogen-bond acceptors (Lipinski definition) is 4. The molecule has 0 amide bonds. The van der Waals surface area contributed by atoms with Crippen molar-refractivity contribution in [2.75, 3.05) is 19.6 Å². The second-order valence-electron chi connectivity index (χ2n) is 4.82. The van der Waals surface area contributed by atoms with E-state index in [1.54, 1.807) is 11.3 Å². The van der Waals surface area contributed by atoms with Crippen LogP contribution in [0, 0.1) is 0 Å². The molecule has 2 N–H and O–H groups in total. The Morgan fingerprint density at radius 2 is 1.88 bits per heavy atom. The zero-order chi connectivity index (χ0) is 11.9. The fraction of sp³-hybridized carbons (Fsp3) is 0.769. The van der Waals surface area contributed by atoms with Crippen molar-refractivity contribution < 1.29 is 0 Å². The van der Waals surface area contributed by atoms with Gasteiger partial charge in [-0.1, -0.05) is 19.3 Å². The predicted octanol–water partition coefficient (Wildman–Crippen LogP) is 2.41. The monoisotopic (exact) mass is 253 g/mol. The summed E-state index contributed by atoms with van der Waals surface area (Å²) in [7, 11) is 0. The molecule has 0 atom stereocenters. The van der Waals surface area contributed by atoms with Crippen LogP contribution in [0.15, 0.2) is 5.38 Å². The normalized spacial score (nSPS) is 18.9. The van der Waals surface area contributed by atoms with Gasteiger partial charge in [0.15, 0.2) is 0 Å². The summed E-state index contributed by atoms with van der Waals surface area (Å²) in [6.07, 6.45) is 7.83. The van der Waals surface area contributed by atoms with E-state index in [-0.39, 0.29) is 0 Å².